The second kappa shape index (κ2) is 8.53. The minimum Gasteiger partial charge on any atom is -0.469 e. The van der Waals surface area contributed by atoms with Gasteiger partial charge in [0.2, 0.25) is 0 Å². The third kappa shape index (κ3) is 3.93. The van der Waals surface area contributed by atoms with E-state index >= 15 is 0 Å². The Labute approximate surface area is 193 Å². The topological polar surface area (TPSA) is 47.4 Å². The summed E-state index contributed by atoms with van der Waals surface area (Å²) in [6.07, 6.45) is 3.61. The molecule has 1 saturated heterocycles. The summed E-state index contributed by atoms with van der Waals surface area (Å²) in [5, 5.41) is 4.52. The van der Waals surface area contributed by atoms with Crippen LogP contribution < -0.4 is 0 Å². The highest BCUT2D eigenvalue weighted by Gasteiger charge is 2.53. The molecule has 9 heteroatoms. The Morgan fingerprint density at radius 1 is 1.15 bits per heavy atom. The van der Waals surface area contributed by atoms with Gasteiger partial charge in [-0.15, -0.1) is 0 Å². The summed E-state index contributed by atoms with van der Waals surface area (Å²) in [7, 11) is 1.40. The number of rotatable bonds is 4. The Morgan fingerprint density at radius 2 is 1.94 bits per heavy atom. The zero-order valence-electron chi connectivity index (χ0n) is 17.9. The highest BCUT2D eigenvalue weighted by atomic mass is 32.2. The van der Waals surface area contributed by atoms with Gasteiger partial charge in [0, 0.05) is 23.7 Å². The van der Waals surface area contributed by atoms with Gasteiger partial charge in [-0.1, -0.05) is 0 Å². The Bertz CT molecular complexity index is 1200. The molecule has 2 heterocycles. The van der Waals surface area contributed by atoms with E-state index in [9.17, 15) is 18.0 Å². The van der Waals surface area contributed by atoms with Crippen molar-refractivity contribution < 1.29 is 22.7 Å². The molecule has 5 rings (SSSR count). The fraction of sp³-hybridized carbons (Fsp3) is 0.333. The summed E-state index contributed by atoms with van der Waals surface area (Å²) < 4.78 is 49.5. The summed E-state index contributed by atoms with van der Waals surface area (Å²) in [6.45, 7) is 1.11. The van der Waals surface area contributed by atoms with Gasteiger partial charge in [-0.25, -0.2) is 22.2 Å². The number of carbonyl (C=O) groups is 1. The first-order chi connectivity index (χ1) is 15.9. The van der Waals surface area contributed by atoms with Crippen molar-refractivity contribution in [1.82, 2.24) is 14.1 Å². The number of hydrogen-bond acceptors (Lipinski definition) is 5. The molecule has 5 nitrogen and oxygen atoms in total. The summed E-state index contributed by atoms with van der Waals surface area (Å²) in [6, 6.07) is 9.99. The van der Waals surface area contributed by atoms with Crippen LogP contribution in [0, 0.1) is 28.8 Å². The predicted octanol–water partition coefficient (Wildman–Crippen LogP) is 4.58. The van der Waals surface area contributed by atoms with Crippen LogP contribution in [0.5, 0.6) is 0 Å². The van der Waals surface area contributed by atoms with Crippen LogP contribution in [0.25, 0.3) is 5.69 Å². The van der Waals surface area contributed by atoms with E-state index in [0.717, 1.165) is 29.4 Å². The largest absolute Gasteiger partial charge is 0.469 e. The van der Waals surface area contributed by atoms with E-state index in [1.54, 1.807) is 18.3 Å². The molecule has 1 aliphatic carbocycles. The van der Waals surface area contributed by atoms with Crippen LogP contribution in [0.2, 0.25) is 0 Å². The fourth-order valence-electron chi connectivity index (χ4n) is 5.01. The van der Waals surface area contributed by atoms with Crippen molar-refractivity contribution in [3.63, 3.8) is 0 Å². The second-order valence-corrected chi connectivity index (χ2v) is 9.72. The minimum atomic E-state index is -0.895. The molecule has 1 fully saturated rings. The van der Waals surface area contributed by atoms with Crippen molar-refractivity contribution in [2.75, 3.05) is 20.2 Å². The Morgan fingerprint density at radius 3 is 2.67 bits per heavy atom. The van der Waals surface area contributed by atoms with Gasteiger partial charge in [-0.3, -0.25) is 4.79 Å². The van der Waals surface area contributed by atoms with Crippen molar-refractivity contribution in [2.45, 2.75) is 24.2 Å². The van der Waals surface area contributed by atoms with Crippen molar-refractivity contribution in [2.24, 2.45) is 11.3 Å². The smallest absolute Gasteiger partial charge is 0.313 e. The Kier molecular flexibility index (Phi) is 5.70. The fourth-order valence-corrected chi connectivity index (χ4v) is 6.09. The first-order valence-electron chi connectivity index (χ1n) is 10.7. The number of fused-ring (bicyclic) bond motifs is 2. The van der Waals surface area contributed by atoms with E-state index < -0.39 is 17.0 Å². The lowest BCUT2D eigenvalue weighted by Gasteiger charge is -2.48. The van der Waals surface area contributed by atoms with Crippen LogP contribution in [-0.4, -0.2) is 40.3 Å². The van der Waals surface area contributed by atoms with E-state index in [1.165, 1.54) is 43.3 Å². The molecule has 33 heavy (non-hydrogen) atoms. The zero-order chi connectivity index (χ0) is 23.2. The molecule has 0 radical (unpaired) electrons. The van der Waals surface area contributed by atoms with Crippen LogP contribution in [0.3, 0.4) is 0 Å². The molecule has 0 spiro atoms. The van der Waals surface area contributed by atoms with E-state index in [0.29, 0.717) is 30.8 Å². The first kappa shape index (κ1) is 22.0. The van der Waals surface area contributed by atoms with E-state index in [-0.39, 0.29) is 17.7 Å². The molecular formula is C24H22F3N3O2S. The molecule has 2 aromatic carbocycles. The molecule has 1 aliphatic heterocycles. The molecule has 2 aliphatic rings. The van der Waals surface area contributed by atoms with Crippen LogP contribution in [0.1, 0.15) is 17.7 Å². The standard InChI is InChI=1S/C24H22F3N3O2S/c1-32-23(31)24-12-15-13-28-30(18-4-2-17(25)3-5-18)22(15)10-16(24)8-9-29(14-24)33-19-6-7-20(26)21(27)11-19/h2-7,11,13,16H,8-10,12,14H2,1H3. The van der Waals surface area contributed by atoms with Crippen LogP contribution in [-0.2, 0) is 22.4 Å². The third-order valence-electron chi connectivity index (χ3n) is 6.66. The van der Waals surface area contributed by atoms with Crippen molar-refractivity contribution >= 4 is 17.9 Å². The molecular weight excluding hydrogens is 451 g/mol. The number of hydrogen-bond donors (Lipinski definition) is 0. The number of nitrogens with zero attached hydrogens (tertiary/aromatic N) is 3. The van der Waals surface area contributed by atoms with Gasteiger partial charge in [0.25, 0.3) is 0 Å². The summed E-state index contributed by atoms with van der Waals surface area (Å²) in [5.41, 5.74) is 1.99. The van der Waals surface area contributed by atoms with Gasteiger partial charge in [0.15, 0.2) is 11.6 Å². The second-order valence-electron chi connectivity index (χ2n) is 8.55. The van der Waals surface area contributed by atoms with Gasteiger partial charge in [-0.2, -0.15) is 5.10 Å². The molecule has 1 aromatic heterocycles. The Balaban J connectivity index is 1.44. The molecule has 2 atom stereocenters. The van der Waals surface area contributed by atoms with Crippen LogP contribution >= 0.6 is 11.9 Å². The zero-order valence-corrected chi connectivity index (χ0v) is 18.7. The molecule has 0 N–H and O–H groups in total. The van der Waals surface area contributed by atoms with Crippen molar-refractivity contribution in [3.05, 3.63) is 77.4 Å². The van der Waals surface area contributed by atoms with Crippen LogP contribution in [0.4, 0.5) is 13.2 Å². The summed E-state index contributed by atoms with van der Waals surface area (Å²) >= 11 is 1.32. The number of carbonyl (C=O) groups excluding carboxylic acids is 1. The lowest BCUT2D eigenvalue weighted by Crippen LogP contribution is -2.55. The number of halogens is 3. The number of aromatic nitrogens is 2. The Hall–Kier alpha value is -2.78. The van der Waals surface area contributed by atoms with E-state index in [2.05, 4.69) is 5.10 Å². The predicted molar refractivity (Wildman–Crippen MR) is 117 cm³/mol. The normalized spacial score (nSPS) is 22.5. The lowest BCUT2D eigenvalue weighted by atomic mass is 9.63. The molecule has 172 valence electrons. The van der Waals surface area contributed by atoms with E-state index in [4.69, 9.17) is 4.74 Å². The number of piperidine rings is 1. The average molecular weight is 474 g/mol. The van der Waals surface area contributed by atoms with E-state index in [1.807, 2.05) is 8.99 Å². The molecule has 0 bridgehead atoms. The number of methoxy groups -OCH3 is 1. The van der Waals surface area contributed by atoms with Gasteiger partial charge in [-0.05, 0) is 85.2 Å². The minimum absolute atomic E-state index is 0.0372. The molecule has 2 unspecified atom stereocenters. The van der Waals surface area contributed by atoms with Crippen LogP contribution in [0.15, 0.2) is 53.6 Å². The van der Waals surface area contributed by atoms with Gasteiger partial charge in [0.05, 0.1) is 24.4 Å². The number of benzene rings is 2. The summed E-state index contributed by atoms with van der Waals surface area (Å²) in [5.74, 6) is -2.33. The molecule has 3 aromatic rings. The van der Waals surface area contributed by atoms with Gasteiger partial charge < -0.3 is 4.74 Å². The van der Waals surface area contributed by atoms with Gasteiger partial charge >= 0.3 is 5.97 Å². The quantitative estimate of drug-likeness (QED) is 0.410. The summed E-state index contributed by atoms with van der Waals surface area (Å²) in [4.78, 5) is 13.7. The highest BCUT2D eigenvalue weighted by molar-refractivity contribution is 7.97. The van der Waals surface area contributed by atoms with Gasteiger partial charge in [0.1, 0.15) is 5.82 Å². The number of esters is 1. The monoisotopic (exact) mass is 473 g/mol. The van der Waals surface area contributed by atoms with Crippen molar-refractivity contribution in [1.29, 1.82) is 0 Å². The molecule has 0 amide bonds. The lowest BCUT2D eigenvalue weighted by molar-refractivity contribution is -0.160. The maximum Gasteiger partial charge on any atom is 0.313 e. The average Bonchev–Trinajstić information content (AvgIpc) is 3.22. The SMILES string of the molecule is COC(=O)C12Cc3cnn(-c4ccc(F)cc4)c3CC1CCN(Sc1ccc(F)c(F)c1)C2. The molecule has 0 saturated carbocycles. The highest BCUT2D eigenvalue weighted by Crippen LogP contribution is 2.48. The maximum absolute atomic E-state index is 13.7. The van der Waals surface area contributed by atoms with Crippen molar-refractivity contribution in [3.8, 4) is 5.69 Å². The first-order valence-corrected chi connectivity index (χ1v) is 11.4. The third-order valence-corrected chi connectivity index (χ3v) is 7.69. The maximum atomic E-state index is 13.7. The number of ether oxygens (including phenoxy) is 1.